The molecule has 0 spiro atoms. The Labute approximate surface area is 99.0 Å². The molecular formula is C11H16S3. The largest absolute Gasteiger partial charge is 0.138 e. The molecule has 1 aromatic rings. The Morgan fingerprint density at radius 3 is 1.36 bits per heavy atom. The molecule has 0 amide bonds. The van der Waals surface area contributed by atoms with Crippen molar-refractivity contribution in [2.45, 2.75) is 20.8 Å². The fourth-order valence-corrected chi connectivity index (χ4v) is 5.80. The second-order valence-electron chi connectivity index (χ2n) is 3.34. The molecule has 1 saturated heterocycles. The summed E-state index contributed by atoms with van der Waals surface area (Å²) in [5, 5.41) is 2.59. The van der Waals surface area contributed by atoms with E-state index in [0.29, 0.717) is 0 Å². The van der Waals surface area contributed by atoms with Crippen molar-refractivity contribution in [1.82, 2.24) is 0 Å². The first-order valence-corrected chi connectivity index (χ1v) is 8.20. The third-order valence-electron chi connectivity index (χ3n) is 1.71. The summed E-state index contributed by atoms with van der Waals surface area (Å²) in [6.07, 6.45) is 0. The average Bonchev–Trinajstić information content (AvgIpc) is 2.56. The van der Waals surface area contributed by atoms with Crippen molar-refractivity contribution in [3.05, 3.63) is 34.9 Å². The molecule has 0 bridgehead atoms. The van der Waals surface area contributed by atoms with Crippen molar-refractivity contribution < 1.29 is 0 Å². The molecule has 2 rings (SSSR count). The van der Waals surface area contributed by atoms with E-state index in [1.807, 2.05) is 33.3 Å². The summed E-state index contributed by atoms with van der Waals surface area (Å²) < 4.78 is 0. The fraction of sp³-hybridized carbons (Fsp3) is 0.455. The smallest absolute Gasteiger partial charge is 0.0505 e. The lowest BCUT2D eigenvalue weighted by atomic mass is 10.1. The van der Waals surface area contributed by atoms with Crippen LogP contribution in [0.25, 0.3) is 0 Å². The minimum Gasteiger partial charge on any atom is -0.138 e. The van der Waals surface area contributed by atoms with Crippen LogP contribution in [0.3, 0.4) is 0 Å². The highest BCUT2D eigenvalue weighted by molar-refractivity contribution is 8.82. The van der Waals surface area contributed by atoms with Gasteiger partial charge in [-0.1, -0.05) is 56.5 Å². The molecule has 1 fully saturated rings. The molecule has 0 N–H and O–H groups in total. The first-order chi connectivity index (χ1) is 6.68. The molecule has 0 saturated carbocycles. The highest BCUT2D eigenvalue weighted by Crippen LogP contribution is 2.36. The van der Waals surface area contributed by atoms with Gasteiger partial charge in [0.2, 0.25) is 0 Å². The predicted molar refractivity (Wildman–Crippen MR) is 73.2 cm³/mol. The normalized spacial score (nSPS) is 14.8. The second-order valence-corrected chi connectivity index (χ2v) is 7.52. The van der Waals surface area contributed by atoms with E-state index in [-0.39, 0.29) is 0 Å². The van der Waals surface area contributed by atoms with Crippen molar-refractivity contribution in [1.29, 1.82) is 0 Å². The lowest BCUT2D eigenvalue weighted by Crippen LogP contribution is -1.78. The number of aryl methyl sites for hydroxylation is 3. The summed E-state index contributed by atoms with van der Waals surface area (Å²) in [5.41, 5.74) is 4.06. The Morgan fingerprint density at radius 1 is 0.786 bits per heavy atom. The van der Waals surface area contributed by atoms with E-state index < -0.39 is 0 Å². The van der Waals surface area contributed by atoms with E-state index in [0.717, 1.165) is 0 Å². The number of thioether (sulfide) groups is 1. The molecule has 1 heterocycles. The zero-order chi connectivity index (χ0) is 10.4. The molecule has 14 heavy (non-hydrogen) atoms. The Morgan fingerprint density at radius 2 is 1.14 bits per heavy atom. The van der Waals surface area contributed by atoms with E-state index >= 15 is 0 Å². The predicted octanol–water partition coefficient (Wildman–Crippen LogP) is 4.64. The first-order valence-electron chi connectivity index (χ1n) is 4.55. The zero-order valence-corrected chi connectivity index (χ0v) is 11.3. The second kappa shape index (κ2) is 6.70. The van der Waals surface area contributed by atoms with Crippen LogP contribution in [0.2, 0.25) is 0 Å². The number of hydrogen-bond donors (Lipinski definition) is 0. The van der Waals surface area contributed by atoms with Gasteiger partial charge in [0.25, 0.3) is 0 Å². The van der Waals surface area contributed by atoms with E-state index in [1.54, 1.807) is 0 Å². The molecule has 0 radical (unpaired) electrons. The van der Waals surface area contributed by atoms with Gasteiger partial charge >= 0.3 is 0 Å². The van der Waals surface area contributed by atoms with Crippen molar-refractivity contribution in [2.75, 3.05) is 10.2 Å². The first kappa shape index (κ1) is 12.3. The van der Waals surface area contributed by atoms with Crippen molar-refractivity contribution in [3.63, 3.8) is 0 Å². The van der Waals surface area contributed by atoms with Gasteiger partial charge in [-0.05, 0) is 20.8 Å². The lowest BCUT2D eigenvalue weighted by Gasteiger charge is -1.96. The number of benzene rings is 1. The van der Waals surface area contributed by atoms with Crippen LogP contribution in [0, 0.1) is 20.8 Å². The Balaban J connectivity index is 0.000000165. The molecule has 0 atom stereocenters. The third kappa shape index (κ3) is 5.23. The van der Waals surface area contributed by atoms with Gasteiger partial charge in [0.05, 0.1) is 10.2 Å². The molecule has 3 heteroatoms. The molecule has 0 aliphatic carbocycles. The van der Waals surface area contributed by atoms with Crippen molar-refractivity contribution in [3.8, 4) is 0 Å². The highest BCUT2D eigenvalue weighted by Gasteiger charge is 1.96. The van der Waals surface area contributed by atoms with Crippen LogP contribution in [0.5, 0.6) is 0 Å². The maximum atomic E-state index is 2.19. The highest BCUT2D eigenvalue weighted by atomic mass is 33.1. The monoisotopic (exact) mass is 244 g/mol. The third-order valence-corrected chi connectivity index (χ3v) is 6.21. The molecule has 1 aliphatic rings. The van der Waals surface area contributed by atoms with Gasteiger partial charge in [-0.15, -0.1) is 11.8 Å². The SMILES string of the molecule is C1SCSS1.Cc1cc(C)cc(C)c1. The summed E-state index contributed by atoms with van der Waals surface area (Å²) in [6.45, 7) is 6.38. The van der Waals surface area contributed by atoms with E-state index in [9.17, 15) is 0 Å². The van der Waals surface area contributed by atoms with Gasteiger partial charge in [-0.2, -0.15) is 0 Å². The summed E-state index contributed by atoms with van der Waals surface area (Å²) in [4.78, 5) is 0. The van der Waals surface area contributed by atoms with E-state index in [1.165, 1.54) is 26.9 Å². The molecule has 0 aromatic heterocycles. The Bertz CT molecular complexity index is 222. The van der Waals surface area contributed by atoms with E-state index in [4.69, 9.17) is 0 Å². The maximum absolute atomic E-state index is 2.19. The van der Waals surface area contributed by atoms with Gasteiger partial charge in [-0.3, -0.25) is 0 Å². The minimum absolute atomic E-state index is 1.30. The number of rotatable bonds is 0. The van der Waals surface area contributed by atoms with Gasteiger partial charge in [-0.25, -0.2) is 0 Å². The standard InChI is InChI=1S/C9H12.C2H4S3/c1-7-4-8(2)6-9(3)5-7;1-3-2-5-4-1/h4-6H,1-3H3;1-2H2. The van der Waals surface area contributed by atoms with Gasteiger partial charge in [0, 0.05) is 0 Å². The van der Waals surface area contributed by atoms with Crippen LogP contribution in [0.4, 0.5) is 0 Å². The van der Waals surface area contributed by atoms with Crippen LogP contribution in [-0.2, 0) is 0 Å². The molecule has 1 aliphatic heterocycles. The van der Waals surface area contributed by atoms with Gasteiger partial charge < -0.3 is 0 Å². The molecule has 0 unspecified atom stereocenters. The average molecular weight is 244 g/mol. The van der Waals surface area contributed by atoms with E-state index in [2.05, 4.69) is 39.0 Å². The lowest BCUT2D eigenvalue weighted by molar-refractivity contribution is 1.32. The van der Waals surface area contributed by atoms with Crippen LogP contribution in [-0.4, -0.2) is 10.2 Å². The minimum atomic E-state index is 1.30. The molecule has 78 valence electrons. The van der Waals surface area contributed by atoms with Gasteiger partial charge in [0.1, 0.15) is 0 Å². The maximum Gasteiger partial charge on any atom is 0.0505 e. The zero-order valence-electron chi connectivity index (χ0n) is 8.87. The topological polar surface area (TPSA) is 0 Å². The van der Waals surface area contributed by atoms with Crippen LogP contribution >= 0.6 is 33.3 Å². The summed E-state index contributed by atoms with van der Waals surface area (Å²) in [6, 6.07) is 6.56. The summed E-state index contributed by atoms with van der Waals surface area (Å²) >= 11 is 2.00. The fourth-order valence-electron chi connectivity index (χ4n) is 1.37. The number of hydrogen-bond acceptors (Lipinski definition) is 3. The van der Waals surface area contributed by atoms with Crippen LogP contribution < -0.4 is 0 Å². The van der Waals surface area contributed by atoms with Gasteiger partial charge in [0.15, 0.2) is 0 Å². The molecular weight excluding hydrogens is 228 g/mol. The quantitative estimate of drug-likeness (QED) is 0.610. The summed E-state index contributed by atoms with van der Waals surface area (Å²) in [7, 11) is 3.91. The van der Waals surface area contributed by atoms with Crippen LogP contribution in [0.1, 0.15) is 16.7 Å². The van der Waals surface area contributed by atoms with Crippen molar-refractivity contribution >= 4 is 33.3 Å². The van der Waals surface area contributed by atoms with Crippen LogP contribution in [0.15, 0.2) is 18.2 Å². The Hall–Kier alpha value is 0.270. The Kier molecular flexibility index (Phi) is 5.90. The molecule has 1 aromatic carbocycles. The molecule has 0 nitrogen and oxygen atoms in total. The summed E-state index contributed by atoms with van der Waals surface area (Å²) in [5.74, 6) is 0. The van der Waals surface area contributed by atoms with Crippen molar-refractivity contribution in [2.24, 2.45) is 0 Å².